The minimum absolute atomic E-state index is 0. The average molecular weight is 1730 g/mol. The number of halogens is 4. The summed E-state index contributed by atoms with van der Waals surface area (Å²) in [6, 6.07) is 14.5. The summed E-state index contributed by atoms with van der Waals surface area (Å²) in [5.74, 6) is 2.79. The molecule has 14 rings (SSSR count). The van der Waals surface area contributed by atoms with Crippen molar-refractivity contribution in [3.63, 3.8) is 0 Å². The number of terminal acetylenes is 2. The van der Waals surface area contributed by atoms with Crippen molar-refractivity contribution in [1.29, 1.82) is 0 Å². The Kier molecular flexibility index (Phi) is 31.1. The predicted octanol–water partition coefficient (Wildman–Crippen LogP) is 13.4. The summed E-state index contributed by atoms with van der Waals surface area (Å²) in [4.78, 5) is 109. The van der Waals surface area contributed by atoms with E-state index >= 15 is 0 Å². The van der Waals surface area contributed by atoms with E-state index < -0.39 is 28.7 Å². The van der Waals surface area contributed by atoms with Crippen LogP contribution in [0.15, 0.2) is 73.3 Å². The zero-order valence-corrected chi connectivity index (χ0v) is 73.5. The first-order valence-electron chi connectivity index (χ1n) is 39.3. The molecule has 0 aliphatic carbocycles. The van der Waals surface area contributed by atoms with E-state index in [0.717, 1.165) is 66.6 Å². The first kappa shape index (κ1) is 94.3. The fourth-order valence-electron chi connectivity index (χ4n) is 14.4. The molecule has 10 aromatic rings. The van der Waals surface area contributed by atoms with Gasteiger partial charge in [0.15, 0.2) is 22.6 Å². The summed E-state index contributed by atoms with van der Waals surface area (Å²) in [6.45, 7) is 31.4. The molecule has 636 valence electrons. The Morgan fingerprint density at radius 1 is 0.455 bits per heavy atom. The molecule has 0 bridgehead atoms. The van der Waals surface area contributed by atoms with Gasteiger partial charge in [-0.05, 0) is 210 Å². The van der Waals surface area contributed by atoms with Crippen LogP contribution in [0.1, 0.15) is 220 Å². The number of pyridine rings is 4. The summed E-state index contributed by atoms with van der Waals surface area (Å²) in [6.07, 6.45) is 21.8. The smallest absolute Gasteiger partial charge is 0.870 e. The zero-order valence-electron chi connectivity index (χ0n) is 70.5. The normalized spacial score (nSPS) is 14.9. The maximum absolute atomic E-state index is 12.9. The van der Waals surface area contributed by atoms with Crippen LogP contribution in [0.2, 0.25) is 20.1 Å². The van der Waals surface area contributed by atoms with Gasteiger partial charge in [0.1, 0.15) is 16.8 Å². The third kappa shape index (κ3) is 22.4. The molecule has 121 heavy (non-hydrogen) atoms. The van der Waals surface area contributed by atoms with Crippen LogP contribution in [-0.4, -0.2) is 202 Å². The number of hydrogen-bond acceptors (Lipinski definition) is 21. The number of fused-ring (bicyclic) bond motifs is 4. The Hall–Kier alpha value is -10.6. The number of aryl methyl sites for hydroxylation is 4. The third-order valence-electron chi connectivity index (χ3n) is 20.2. The molecule has 12 heterocycles. The van der Waals surface area contributed by atoms with Crippen molar-refractivity contribution < 1.29 is 82.0 Å². The van der Waals surface area contributed by atoms with E-state index in [4.69, 9.17) is 83.3 Å². The number of ether oxygens (including phenoxy) is 4. The SMILES string of the molecule is C#Cc1ccc(NC(=O)c2cnc3c(c(C)nn3C3CCN(C(=O)OC(C)(C)C)CC3)c2Cl)cc1.C#Cc1ccc(NC(=O)c2cnc3c(c(C)nn3C3CCNCC3)c2Cl)cc1.CCOC(=O)c1cnc2c(c(C)nn2C2CCN(C(=O)OC(C)(C)C)CC2)c1Cl.Cc1nn(C2CCN(C(=O)OC(C)(C)C)CC2)c2ncc(C(=O)O)c(Cl)c12.[Li+].[OH-]. The number of amides is 5. The number of aromatic nitrogens is 12. The molecule has 0 atom stereocenters. The first-order valence-corrected chi connectivity index (χ1v) is 40.8. The number of esters is 1. The summed E-state index contributed by atoms with van der Waals surface area (Å²) in [5, 5.41) is 40.5. The van der Waals surface area contributed by atoms with Gasteiger partial charge < -0.3 is 60.2 Å². The number of carboxylic acid groups (broad SMARTS) is 1. The van der Waals surface area contributed by atoms with E-state index in [1.807, 2.05) is 97.1 Å². The molecule has 0 radical (unpaired) electrons. The molecule has 4 saturated heterocycles. The average Bonchev–Trinajstić information content (AvgIpc) is 1.64. The van der Waals surface area contributed by atoms with Crippen LogP contribution < -0.4 is 34.8 Å². The molecule has 4 aliphatic rings. The number of likely N-dealkylation sites (tertiary alicyclic amines) is 3. The maximum Gasteiger partial charge on any atom is 1.00 e. The summed E-state index contributed by atoms with van der Waals surface area (Å²) < 4.78 is 28.9. The monoisotopic (exact) mass is 1730 g/mol. The number of hydrogen-bond donors (Lipinski definition) is 4. The van der Waals surface area contributed by atoms with Crippen molar-refractivity contribution in [1.82, 2.24) is 79.1 Å². The molecule has 0 saturated carbocycles. The van der Waals surface area contributed by atoms with Gasteiger partial charge >= 0.3 is 49.1 Å². The van der Waals surface area contributed by atoms with Crippen molar-refractivity contribution in [2.24, 2.45) is 0 Å². The Morgan fingerprint density at radius 3 is 0.992 bits per heavy atom. The van der Waals surface area contributed by atoms with Crippen LogP contribution >= 0.6 is 46.4 Å². The largest absolute Gasteiger partial charge is 1.00 e. The number of nitrogens with zero attached hydrogens (tertiary/aromatic N) is 15. The molecule has 2 aromatic carbocycles. The Bertz CT molecular complexity index is 5570. The molecule has 8 aromatic heterocycles. The molecule has 36 heteroatoms. The number of carboxylic acids is 1. The van der Waals surface area contributed by atoms with Gasteiger partial charge in [0.25, 0.3) is 11.8 Å². The van der Waals surface area contributed by atoms with Crippen LogP contribution in [0, 0.1) is 52.4 Å². The minimum Gasteiger partial charge on any atom is -0.870 e. The topological polar surface area (TPSA) is 375 Å². The van der Waals surface area contributed by atoms with Gasteiger partial charge in [-0.15, -0.1) is 12.8 Å². The van der Waals surface area contributed by atoms with Gasteiger partial charge in [0.05, 0.1) is 117 Å². The number of carbonyl (C=O) groups is 7. The van der Waals surface area contributed by atoms with Crippen molar-refractivity contribution in [2.75, 3.05) is 69.6 Å². The van der Waals surface area contributed by atoms with E-state index in [1.54, 1.807) is 81.8 Å². The van der Waals surface area contributed by atoms with Crippen molar-refractivity contribution >= 4 is 144 Å². The zero-order chi connectivity index (χ0) is 86.3. The maximum atomic E-state index is 12.9. The van der Waals surface area contributed by atoms with E-state index in [-0.39, 0.29) is 107 Å². The van der Waals surface area contributed by atoms with Gasteiger partial charge in [-0.25, -0.2) is 62.6 Å². The van der Waals surface area contributed by atoms with E-state index in [2.05, 4.69) is 63.0 Å². The van der Waals surface area contributed by atoms with Gasteiger partial charge in [-0.1, -0.05) is 58.2 Å². The molecular formula is C85H99Cl4LiN18O13. The molecule has 31 nitrogen and oxygen atoms in total. The second-order valence-electron chi connectivity index (χ2n) is 32.3. The molecule has 5 N–H and O–H groups in total. The number of anilines is 2. The molecule has 4 fully saturated rings. The van der Waals surface area contributed by atoms with E-state index in [1.165, 1.54) is 24.8 Å². The number of piperidine rings is 4. The fraction of sp³-hybridized carbons (Fsp3) is 0.447. The van der Waals surface area contributed by atoms with Crippen LogP contribution in [0.3, 0.4) is 0 Å². The van der Waals surface area contributed by atoms with Gasteiger partial charge in [-0.2, -0.15) is 20.4 Å². The number of nitrogens with one attached hydrogen (secondary N) is 3. The molecule has 0 unspecified atom stereocenters. The van der Waals surface area contributed by atoms with Gasteiger partial charge in [0.2, 0.25) is 0 Å². The Balaban J connectivity index is 0.000000183. The van der Waals surface area contributed by atoms with Crippen LogP contribution in [0.25, 0.3) is 44.1 Å². The predicted molar refractivity (Wildman–Crippen MR) is 458 cm³/mol. The van der Waals surface area contributed by atoms with Crippen molar-refractivity contribution in [3.8, 4) is 24.7 Å². The summed E-state index contributed by atoms with van der Waals surface area (Å²) in [5.41, 5.74) is 7.32. The Morgan fingerprint density at radius 2 is 0.719 bits per heavy atom. The first-order chi connectivity index (χ1) is 56.3. The van der Waals surface area contributed by atoms with E-state index in [0.29, 0.717) is 147 Å². The quantitative estimate of drug-likeness (QED) is 0.0404. The molecule has 5 amide bonds. The second-order valence-corrected chi connectivity index (χ2v) is 33.8. The summed E-state index contributed by atoms with van der Waals surface area (Å²) >= 11 is 26.1. The van der Waals surface area contributed by atoms with Crippen LogP contribution in [0.5, 0.6) is 0 Å². The molecular weight excluding hydrogens is 1630 g/mol. The van der Waals surface area contributed by atoms with Crippen molar-refractivity contribution in [2.45, 2.75) is 189 Å². The Labute approximate surface area is 733 Å². The van der Waals surface area contributed by atoms with Crippen LogP contribution in [-0.2, 0) is 18.9 Å². The van der Waals surface area contributed by atoms with E-state index in [9.17, 15) is 38.7 Å². The molecule has 0 spiro atoms. The van der Waals surface area contributed by atoms with Crippen molar-refractivity contribution in [3.05, 3.63) is 150 Å². The minimum atomic E-state index is -1.12. The third-order valence-corrected chi connectivity index (χ3v) is 21.8. The van der Waals surface area contributed by atoms with Crippen LogP contribution in [0.4, 0.5) is 25.8 Å². The number of rotatable bonds is 11. The molecule has 4 aliphatic heterocycles. The number of carbonyl (C=O) groups excluding carboxylic acids is 6. The van der Waals surface area contributed by atoms with Gasteiger partial charge in [-0.3, -0.25) is 9.59 Å². The summed E-state index contributed by atoms with van der Waals surface area (Å²) in [7, 11) is 0. The standard InChI is InChI=1S/C26H28ClN5O3.C21H20ClN5O.C20H27ClN4O4.C18H23ClN4O4.Li.H2O/c1-6-17-7-9-18(10-8-17)29-24(33)20-15-28-23-21(22(20)27)16(2)30-32(23)19-11-13-31(14-12-19)25(34)35-26(3,4)5;1-3-14-4-6-15(7-5-14)25-21(28)17-12-24-20-18(19(17)22)13(2)26-27(20)16-8-10-23-11-9-16;1-6-28-18(26)14-11-22-17-15(16(14)21)12(2)23-25(17)13-7-9-24(10-8-13)19(27)29-20(3,4)5;1-10-13-14(19)12(16(24)25)9-20-15(13)23(21-10)11-5-7-22(8-6-11)17(26)27-18(2,3)4;;/h1,7-10,15,19H,11-14H2,2-5H3,(H,29,33);1,4-7,12,16,23H,8-11H2,2H3,(H,25,28);11,13H,6-10H2,1-5H3;9,11H,5-8H2,1-4H3,(H,24,25);;1H2/q;;;;+1;/p-1. The number of aromatic carboxylic acids is 1. The van der Waals surface area contributed by atoms with Gasteiger partial charge in [0, 0.05) is 86.6 Å². The number of benzene rings is 2. The second kappa shape index (κ2) is 39.9. The fourth-order valence-corrected chi connectivity index (χ4v) is 15.8.